The van der Waals surface area contributed by atoms with Crippen LogP contribution in [-0.2, 0) is 11.2 Å². The number of halogens is 4. The first-order chi connectivity index (χ1) is 7.26. The van der Waals surface area contributed by atoms with Crippen LogP contribution in [0.4, 0.5) is 13.2 Å². The fourth-order valence-corrected chi connectivity index (χ4v) is 2.19. The third-order valence-corrected chi connectivity index (χ3v) is 2.54. The topological polar surface area (TPSA) is 17.1 Å². The number of Topliss-reactive ketones (excluding diaryl/α,β-unsaturated/α-hetero) is 1. The fraction of sp³-hybridized carbons (Fsp3) is 0.300. The summed E-state index contributed by atoms with van der Waals surface area (Å²) in [5.41, 5.74) is -3.86. The van der Waals surface area contributed by atoms with E-state index in [1.807, 2.05) is 0 Å². The molecule has 0 saturated heterocycles. The first-order valence-corrected chi connectivity index (χ1v) is 5.50. The summed E-state index contributed by atoms with van der Waals surface area (Å²) in [6.45, 7) is 1.37. The highest BCUT2D eigenvalue weighted by atomic mass is 35.5. The van der Waals surface area contributed by atoms with Gasteiger partial charge in [0.15, 0.2) is 0 Å². The van der Waals surface area contributed by atoms with E-state index in [4.69, 9.17) is 11.6 Å². The van der Waals surface area contributed by atoms with E-state index in [9.17, 15) is 18.0 Å². The van der Waals surface area contributed by atoms with E-state index in [-0.39, 0.29) is 33.9 Å². The van der Waals surface area contributed by atoms with E-state index in [0.29, 0.717) is 5.56 Å². The van der Waals surface area contributed by atoms with Gasteiger partial charge in [-0.1, -0.05) is 11.6 Å². The zero-order valence-electron chi connectivity index (χ0n) is 8.27. The van der Waals surface area contributed by atoms with Crippen molar-refractivity contribution in [1.82, 2.24) is 0 Å². The van der Waals surface area contributed by atoms with Crippen LogP contribution < -0.4 is 0 Å². The van der Waals surface area contributed by atoms with Gasteiger partial charge in [-0.25, -0.2) is 0 Å². The van der Waals surface area contributed by atoms with Gasteiger partial charge in [0.25, 0.3) is 0 Å². The molecule has 0 heterocycles. The van der Waals surface area contributed by atoms with Gasteiger partial charge in [-0.3, -0.25) is 4.79 Å². The number of rotatable bonds is 3. The minimum Gasteiger partial charge on any atom is -0.300 e. The van der Waals surface area contributed by atoms with Crippen molar-refractivity contribution in [2.75, 3.05) is 0 Å². The fourth-order valence-electron chi connectivity index (χ4n) is 1.20. The van der Waals surface area contributed by atoms with Gasteiger partial charge >= 0.3 is 5.51 Å². The Morgan fingerprint density at radius 2 is 2.00 bits per heavy atom. The summed E-state index contributed by atoms with van der Waals surface area (Å²) in [5, 5.41) is 0.200. The number of thioether (sulfide) groups is 1. The minimum atomic E-state index is -4.35. The van der Waals surface area contributed by atoms with E-state index in [1.165, 1.54) is 25.1 Å². The Morgan fingerprint density at radius 3 is 2.50 bits per heavy atom. The zero-order valence-corrected chi connectivity index (χ0v) is 9.84. The Kier molecular flexibility index (Phi) is 4.27. The highest BCUT2D eigenvalue weighted by Gasteiger charge is 2.29. The third kappa shape index (κ3) is 4.90. The molecular weight excluding hydrogens is 261 g/mol. The molecule has 0 atom stereocenters. The van der Waals surface area contributed by atoms with Crippen molar-refractivity contribution in [3.8, 4) is 0 Å². The van der Waals surface area contributed by atoms with E-state index in [0.717, 1.165) is 0 Å². The highest BCUT2D eigenvalue weighted by molar-refractivity contribution is 8.00. The van der Waals surface area contributed by atoms with Gasteiger partial charge in [-0.15, -0.1) is 0 Å². The molecule has 0 spiro atoms. The lowest BCUT2D eigenvalue weighted by atomic mass is 10.1. The summed E-state index contributed by atoms with van der Waals surface area (Å²) in [6.07, 6.45) is 0.0893. The van der Waals surface area contributed by atoms with E-state index in [1.54, 1.807) is 0 Å². The normalized spacial score (nSPS) is 11.6. The standard InChI is InChI=1S/C10H8ClF3OS/c1-6(15)2-7-3-8(11)5-9(4-7)16-10(12,13)14/h3-5H,2H2,1H3. The van der Waals surface area contributed by atoms with Gasteiger partial charge in [0.1, 0.15) is 5.78 Å². The molecule has 0 aliphatic carbocycles. The first-order valence-electron chi connectivity index (χ1n) is 4.31. The Morgan fingerprint density at radius 1 is 1.38 bits per heavy atom. The minimum absolute atomic E-state index is 0.00347. The third-order valence-electron chi connectivity index (χ3n) is 1.62. The average Bonchev–Trinajstić information content (AvgIpc) is 1.96. The number of carbonyl (C=O) groups excluding carboxylic acids is 1. The molecule has 1 rings (SSSR count). The van der Waals surface area contributed by atoms with Gasteiger partial charge in [-0.2, -0.15) is 13.2 Å². The van der Waals surface area contributed by atoms with Crippen LogP contribution in [0.3, 0.4) is 0 Å². The second kappa shape index (κ2) is 5.10. The second-order valence-corrected chi connectivity index (χ2v) is 4.80. The van der Waals surface area contributed by atoms with Crippen LogP contribution in [0.25, 0.3) is 0 Å². The molecule has 0 unspecified atom stereocenters. The number of hydrogen-bond acceptors (Lipinski definition) is 2. The van der Waals surface area contributed by atoms with Crippen molar-refractivity contribution < 1.29 is 18.0 Å². The maximum Gasteiger partial charge on any atom is 0.446 e. The molecule has 0 saturated carbocycles. The van der Waals surface area contributed by atoms with Crippen LogP contribution in [0.15, 0.2) is 23.1 Å². The van der Waals surface area contributed by atoms with E-state index in [2.05, 4.69) is 0 Å². The smallest absolute Gasteiger partial charge is 0.300 e. The second-order valence-electron chi connectivity index (χ2n) is 3.22. The Hall–Kier alpha value is -0.680. The molecule has 16 heavy (non-hydrogen) atoms. The maximum atomic E-state index is 12.1. The van der Waals surface area contributed by atoms with Gasteiger partial charge in [-0.05, 0) is 42.4 Å². The quantitative estimate of drug-likeness (QED) is 0.768. The van der Waals surface area contributed by atoms with Crippen molar-refractivity contribution in [2.24, 2.45) is 0 Å². The van der Waals surface area contributed by atoms with Crippen LogP contribution >= 0.6 is 23.4 Å². The molecule has 1 nitrogen and oxygen atoms in total. The van der Waals surface area contributed by atoms with Crippen molar-refractivity contribution in [3.05, 3.63) is 28.8 Å². The predicted octanol–water partition coefficient (Wildman–Crippen LogP) is 4.08. The van der Waals surface area contributed by atoms with Crippen LogP contribution in [0.2, 0.25) is 5.02 Å². The summed E-state index contributed by atoms with van der Waals surface area (Å²) >= 11 is 5.43. The molecule has 0 N–H and O–H groups in total. The molecule has 0 aliphatic rings. The summed E-state index contributed by atoms with van der Waals surface area (Å²) in [7, 11) is 0. The molecule has 0 fully saturated rings. The molecule has 1 aromatic carbocycles. The van der Waals surface area contributed by atoms with E-state index >= 15 is 0 Å². The molecule has 88 valence electrons. The van der Waals surface area contributed by atoms with Crippen molar-refractivity contribution in [2.45, 2.75) is 23.7 Å². The molecule has 1 aromatic rings. The van der Waals surface area contributed by atoms with Crippen LogP contribution in [0.1, 0.15) is 12.5 Å². The van der Waals surface area contributed by atoms with Crippen molar-refractivity contribution in [1.29, 1.82) is 0 Å². The largest absolute Gasteiger partial charge is 0.446 e. The summed E-state index contributed by atoms with van der Waals surface area (Å²) in [4.78, 5) is 10.8. The molecule has 0 aliphatic heterocycles. The molecular formula is C10H8ClF3OS. The SMILES string of the molecule is CC(=O)Cc1cc(Cl)cc(SC(F)(F)F)c1. The summed E-state index contributed by atoms with van der Waals surface area (Å²) < 4.78 is 36.4. The maximum absolute atomic E-state index is 12.1. The van der Waals surface area contributed by atoms with Crippen molar-refractivity contribution in [3.63, 3.8) is 0 Å². The lowest BCUT2D eigenvalue weighted by molar-refractivity contribution is -0.116. The van der Waals surface area contributed by atoms with E-state index < -0.39 is 5.51 Å². The van der Waals surface area contributed by atoms with Gasteiger partial charge in [0.05, 0.1) is 0 Å². The summed E-state index contributed by atoms with van der Waals surface area (Å²) in [5.74, 6) is -0.120. The first kappa shape index (κ1) is 13.4. The number of carbonyl (C=O) groups is 1. The van der Waals surface area contributed by atoms with Crippen molar-refractivity contribution >= 4 is 29.1 Å². The summed E-state index contributed by atoms with van der Waals surface area (Å²) in [6, 6.07) is 4.04. The zero-order chi connectivity index (χ0) is 12.3. The predicted molar refractivity (Wildman–Crippen MR) is 57.7 cm³/mol. The Balaban J connectivity index is 2.94. The van der Waals surface area contributed by atoms with Gasteiger partial charge in [0.2, 0.25) is 0 Å². The number of ketones is 1. The lowest BCUT2D eigenvalue weighted by Crippen LogP contribution is -2.00. The van der Waals surface area contributed by atoms with Gasteiger partial charge < -0.3 is 0 Å². The molecule has 0 aromatic heterocycles. The lowest BCUT2D eigenvalue weighted by Gasteiger charge is -2.07. The number of benzene rings is 1. The van der Waals surface area contributed by atoms with Crippen LogP contribution in [0.5, 0.6) is 0 Å². The Bertz CT molecular complexity index is 404. The van der Waals surface area contributed by atoms with Crippen LogP contribution in [-0.4, -0.2) is 11.3 Å². The molecule has 0 amide bonds. The highest BCUT2D eigenvalue weighted by Crippen LogP contribution is 2.38. The molecule has 6 heteroatoms. The number of alkyl halides is 3. The monoisotopic (exact) mass is 268 g/mol. The Labute approximate surface area is 100.0 Å². The van der Waals surface area contributed by atoms with Crippen LogP contribution in [0, 0.1) is 0 Å². The molecule has 0 bridgehead atoms. The van der Waals surface area contributed by atoms with Gasteiger partial charge in [0, 0.05) is 16.3 Å². The number of hydrogen-bond donors (Lipinski definition) is 0. The molecule has 0 radical (unpaired) electrons. The average molecular weight is 269 g/mol.